The zero-order valence-corrected chi connectivity index (χ0v) is 10.3. The molecule has 5 nitrogen and oxygen atoms in total. The van der Waals surface area contributed by atoms with Gasteiger partial charge < -0.3 is 5.32 Å². The molecule has 3 N–H and O–H groups in total. The molecule has 0 aromatic rings. The van der Waals surface area contributed by atoms with E-state index in [2.05, 4.69) is 14.8 Å². The zero-order chi connectivity index (χ0) is 10.2. The van der Waals surface area contributed by atoms with Crippen molar-refractivity contribution in [3.05, 3.63) is 0 Å². The van der Waals surface area contributed by atoms with E-state index in [9.17, 15) is 8.42 Å². The first kappa shape index (κ1) is 13.2. The van der Waals surface area contributed by atoms with Gasteiger partial charge >= 0.3 is 0 Å². The predicted molar refractivity (Wildman–Crippen MR) is 61.2 cm³/mol. The Morgan fingerprint density at radius 1 is 1.33 bits per heavy atom. The second-order valence-corrected chi connectivity index (χ2v) is 5.56. The van der Waals surface area contributed by atoms with Crippen molar-refractivity contribution in [2.24, 2.45) is 11.8 Å². The first-order valence-electron chi connectivity index (χ1n) is 5.11. The molecule has 90 valence electrons. The van der Waals surface area contributed by atoms with Gasteiger partial charge in [-0.2, -0.15) is 13.1 Å². The summed E-state index contributed by atoms with van der Waals surface area (Å²) >= 11 is 0. The fraction of sp³-hybridized carbons (Fsp3) is 1.00. The van der Waals surface area contributed by atoms with E-state index in [0.717, 1.165) is 19.5 Å². The maximum atomic E-state index is 11.4. The number of hydrogen-bond donors (Lipinski definition) is 3. The second-order valence-electron chi connectivity index (χ2n) is 4.03. The van der Waals surface area contributed by atoms with Crippen molar-refractivity contribution in [3.63, 3.8) is 0 Å². The maximum Gasteiger partial charge on any atom is 0.277 e. The lowest BCUT2D eigenvalue weighted by atomic mass is 10.4. The molecule has 2 rings (SSSR count). The molecule has 0 amide bonds. The van der Waals surface area contributed by atoms with Gasteiger partial charge in [0.2, 0.25) is 0 Å². The molecule has 1 saturated carbocycles. The molecule has 0 spiro atoms. The molecule has 1 saturated heterocycles. The van der Waals surface area contributed by atoms with Gasteiger partial charge in [-0.05, 0) is 31.3 Å². The van der Waals surface area contributed by atoms with Crippen LogP contribution in [0.2, 0.25) is 0 Å². The van der Waals surface area contributed by atoms with Crippen LogP contribution in [0.1, 0.15) is 13.3 Å². The van der Waals surface area contributed by atoms with E-state index in [1.54, 1.807) is 0 Å². The highest BCUT2D eigenvalue weighted by Crippen LogP contribution is 2.41. The lowest BCUT2D eigenvalue weighted by Crippen LogP contribution is -2.40. The highest BCUT2D eigenvalue weighted by Gasteiger charge is 2.54. The molecule has 2 fully saturated rings. The first-order chi connectivity index (χ1) is 6.64. The molecule has 2 atom stereocenters. The van der Waals surface area contributed by atoms with E-state index in [0.29, 0.717) is 18.4 Å². The Hall–Kier alpha value is 0.120. The van der Waals surface area contributed by atoms with Crippen molar-refractivity contribution in [1.82, 2.24) is 14.8 Å². The molecule has 0 radical (unpaired) electrons. The number of hydrogen-bond acceptors (Lipinski definition) is 3. The molecule has 0 bridgehead atoms. The molecular weight excluding hydrogens is 238 g/mol. The van der Waals surface area contributed by atoms with Gasteiger partial charge in [-0.25, -0.2) is 4.72 Å². The topological polar surface area (TPSA) is 70.2 Å². The molecule has 2 unspecified atom stereocenters. The van der Waals surface area contributed by atoms with Crippen molar-refractivity contribution in [2.75, 3.05) is 19.6 Å². The van der Waals surface area contributed by atoms with Gasteiger partial charge in [0.1, 0.15) is 0 Å². The summed E-state index contributed by atoms with van der Waals surface area (Å²) in [6.45, 7) is 4.35. The van der Waals surface area contributed by atoms with Crippen molar-refractivity contribution < 1.29 is 8.42 Å². The number of fused-ring (bicyclic) bond motifs is 1. The summed E-state index contributed by atoms with van der Waals surface area (Å²) in [6, 6.07) is 0.172. The normalized spacial score (nSPS) is 33.3. The van der Waals surface area contributed by atoms with E-state index < -0.39 is 10.2 Å². The summed E-state index contributed by atoms with van der Waals surface area (Å²) < 4.78 is 28.1. The van der Waals surface area contributed by atoms with Gasteiger partial charge in [0, 0.05) is 12.6 Å². The van der Waals surface area contributed by atoms with Crippen LogP contribution in [0.15, 0.2) is 0 Å². The van der Waals surface area contributed by atoms with Crippen LogP contribution < -0.4 is 14.8 Å². The summed E-state index contributed by atoms with van der Waals surface area (Å²) in [5.74, 6) is 1.04. The number of nitrogens with one attached hydrogen (secondary N) is 3. The minimum Gasteiger partial charge on any atom is -0.316 e. The standard InChI is InChI=1S/C8H17N3O2S.ClH/c1-2-3-10-14(12,13)11-8-6-4-9-5-7(6)8;/h6-11H,2-5H2,1H3;1H. The van der Waals surface area contributed by atoms with Crippen LogP contribution in [0.3, 0.4) is 0 Å². The molecule has 7 heteroatoms. The van der Waals surface area contributed by atoms with E-state index >= 15 is 0 Å². The monoisotopic (exact) mass is 255 g/mol. The van der Waals surface area contributed by atoms with Crippen molar-refractivity contribution in [3.8, 4) is 0 Å². The predicted octanol–water partition coefficient (Wildman–Crippen LogP) is -0.540. The minimum absolute atomic E-state index is 0. The number of halogens is 1. The third kappa shape index (κ3) is 3.04. The van der Waals surface area contributed by atoms with Gasteiger partial charge in [0.15, 0.2) is 0 Å². The smallest absolute Gasteiger partial charge is 0.277 e. The van der Waals surface area contributed by atoms with Crippen LogP contribution in [-0.2, 0) is 10.2 Å². The van der Waals surface area contributed by atoms with Crippen LogP contribution in [0.4, 0.5) is 0 Å². The Balaban J connectivity index is 0.00000112. The molecule has 1 aliphatic heterocycles. The second kappa shape index (κ2) is 4.97. The largest absolute Gasteiger partial charge is 0.316 e. The maximum absolute atomic E-state index is 11.4. The average molecular weight is 256 g/mol. The van der Waals surface area contributed by atoms with Crippen molar-refractivity contribution in [1.29, 1.82) is 0 Å². The summed E-state index contributed by atoms with van der Waals surface area (Å²) in [7, 11) is -3.25. The highest BCUT2D eigenvalue weighted by molar-refractivity contribution is 7.87. The van der Waals surface area contributed by atoms with Gasteiger partial charge in [-0.1, -0.05) is 6.92 Å². The molecule has 1 aliphatic carbocycles. The van der Waals surface area contributed by atoms with E-state index in [1.165, 1.54) is 0 Å². The zero-order valence-electron chi connectivity index (χ0n) is 8.69. The highest BCUT2D eigenvalue weighted by atomic mass is 35.5. The summed E-state index contributed by atoms with van der Waals surface area (Å²) in [5.41, 5.74) is 0. The van der Waals surface area contributed by atoms with E-state index in [-0.39, 0.29) is 18.4 Å². The molecule has 15 heavy (non-hydrogen) atoms. The van der Waals surface area contributed by atoms with Gasteiger partial charge in [0.05, 0.1) is 0 Å². The van der Waals surface area contributed by atoms with E-state index in [1.807, 2.05) is 6.92 Å². The number of rotatable bonds is 5. The van der Waals surface area contributed by atoms with Crippen LogP contribution in [-0.4, -0.2) is 34.1 Å². The Bertz CT molecular complexity index is 299. The van der Waals surface area contributed by atoms with Crippen molar-refractivity contribution >= 4 is 22.6 Å². The fourth-order valence-electron chi connectivity index (χ4n) is 2.05. The van der Waals surface area contributed by atoms with Crippen LogP contribution in [0.25, 0.3) is 0 Å². The minimum atomic E-state index is -3.25. The molecule has 1 heterocycles. The van der Waals surface area contributed by atoms with Gasteiger partial charge in [0.25, 0.3) is 10.2 Å². The molecule has 0 aromatic carbocycles. The average Bonchev–Trinajstić information content (AvgIpc) is 2.64. The summed E-state index contributed by atoms with van der Waals surface area (Å²) in [5, 5.41) is 3.23. The molecule has 0 aromatic heterocycles. The molecule has 2 aliphatic rings. The lowest BCUT2D eigenvalue weighted by Gasteiger charge is -2.08. The lowest BCUT2D eigenvalue weighted by molar-refractivity contribution is 0.551. The Kier molecular flexibility index (Phi) is 4.37. The summed E-state index contributed by atoms with van der Waals surface area (Å²) in [6.07, 6.45) is 0.819. The Labute approximate surface area is 97.0 Å². The first-order valence-corrected chi connectivity index (χ1v) is 6.60. The molecular formula is C8H18ClN3O2S. The summed E-state index contributed by atoms with van der Waals surface area (Å²) in [4.78, 5) is 0. The number of piperidine rings is 1. The van der Waals surface area contributed by atoms with Crippen molar-refractivity contribution in [2.45, 2.75) is 19.4 Å². The van der Waals surface area contributed by atoms with Crippen LogP contribution in [0, 0.1) is 11.8 Å². The van der Waals surface area contributed by atoms with Gasteiger partial charge in [-0.3, -0.25) is 0 Å². The quantitative estimate of drug-likeness (QED) is 0.618. The van der Waals surface area contributed by atoms with Crippen LogP contribution >= 0.6 is 12.4 Å². The van der Waals surface area contributed by atoms with Crippen LogP contribution in [0.5, 0.6) is 0 Å². The van der Waals surface area contributed by atoms with E-state index in [4.69, 9.17) is 0 Å². The Morgan fingerprint density at radius 3 is 2.47 bits per heavy atom. The van der Waals surface area contributed by atoms with Gasteiger partial charge in [-0.15, -0.1) is 12.4 Å². The third-order valence-electron chi connectivity index (χ3n) is 2.92. The Morgan fingerprint density at radius 2 is 1.93 bits per heavy atom. The SMILES string of the molecule is CCCNS(=O)(=O)NC1C2CNCC21.Cl. The fourth-order valence-corrected chi connectivity index (χ4v) is 3.31. The third-order valence-corrected chi connectivity index (χ3v) is 4.09.